The van der Waals surface area contributed by atoms with Crippen molar-refractivity contribution >= 4 is 0 Å². The lowest BCUT2D eigenvalue weighted by Crippen LogP contribution is -2.50. The lowest BCUT2D eigenvalue weighted by atomic mass is 9.92. The highest BCUT2D eigenvalue weighted by atomic mass is 15.2. The van der Waals surface area contributed by atoms with Crippen LogP contribution in [0.25, 0.3) is 0 Å². The molecule has 108 valence electrons. The van der Waals surface area contributed by atoms with Gasteiger partial charge in [0.05, 0.1) is 0 Å². The van der Waals surface area contributed by atoms with Gasteiger partial charge in [-0.15, -0.1) is 0 Å². The molecule has 0 radical (unpaired) electrons. The first kappa shape index (κ1) is 16.1. The normalized spacial score (nSPS) is 14.6. The minimum absolute atomic E-state index is 0.115. The van der Waals surface area contributed by atoms with E-state index in [2.05, 4.69) is 36.8 Å². The van der Waals surface area contributed by atoms with Crippen molar-refractivity contribution in [2.45, 2.75) is 51.5 Å². The van der Waals surface area contributed by atoms with Gasteiger partial charge in [0.2, 0.25) is 0 Å². The lowest BCUT2D eigenvalue weighted by Gasteiger charge is -2.38. The number of hydrogen-bond donors (Lipinski definition) is 1. The zero-order chi connectivity index (χ0) is 14.1. The van der Waals surface area contributed by atoms with Crippen LogP contribution in [0.3, 0.4) is 0 Å². The number of rotatable bonds is 9. The van der Waals surface area contributed by atoms with Gasteiger partial charge < -0.3 is 5.73 Å². The van der Waals surface area contributed by atoms with Gasteiger partial charge in [-0.2, -0.15) is 0 Å². The Morgan fingerprint density at radius 1 is 1.32 bits per heavy atom. The second-order valence-electron chi connectivity index (χ2n) is 5.65. The van der Waals surface area contributed by atoms with Crippen LogP contribution < -0.4 is 5.73 Å². The van der Waals surface area contributed by atoms with Crippen LogP contribution in [0, 0.1) is 0 Å². The Labute approximate surface area is 118 Å². The van der Waals surface area contributed by atoms with Gasteiger partial charge in [-0.25, -0.2) is 0 Å². The van der Waals surface area contributed by atoms with Gasteiger partial charge in [-0.05, 0) is 32.5 Å². The van der Waals surface area contributed by atoms with Gasteiger partial charge in [0.1, 0.15) is 0 Å². The summed E-state index contributed by atoms with van der Waals surface area (Å²) in [5.41, 5.74) is 7.27. The highest BCUT2D eigenvalue weighted by Gasteiger charge is 2.26. The molecule has 1 heterocycles. The molecule has 0 aliphatic carbocycles. The molecule has 19 heavy (non-hydrogen) atoms. The number of hydrogen-bond acceptors (Lipinski definition) is 3. The maximum absolute atomic E-state index is 6.00. The lowest BCUT2D eigenvalue weighted by molar-refractivity contribution is 0.132. The fourth-order valence-corrected chi connectivity index (χ4v) is 2.30. The summed E-state index contributed by atoms with van der Waals surface area (Å²) in [7, 11) is 2.18. The minimum atomic E-state index is 0.115. The Balaban J connectivity index is 2.46. The Bertz CT molecular complexity index is 339. The van der Waals surface area contributed by atoms with Crippen molar-refractivity contribution in [1.82, 2.24) is 9.88 Å². The van der Waals surface area contributed by atoms with Crippen molar-refractivity contribution in [2.24, 2.45) is 5.73 Å². The fraction of sp³-hybridized carbons (Fsp3) is 0.688. The van der Waals surface area contributed by atoms with Crippen molar-refractivity contribution in [2.75, 3.05) is 20.1 Å². The molecular weight excluding hydrogens is 234 g/mol. The summed E-state index contributed by atoms with van der Waals surface area (Å²) < 4.78 is 0. The summed E-state index contributed by atoms with van der Waals surface area (Å²) in [6, 6.07) is 6.10. The molecule has 0 aliphatic heterocycles. The van der Waals surface area contributed by atoms with E-state index in [0.717, 1.165) is 25.2 Å². The topological polar surface area (TPSA) is 42.1 Å². The summed E-state index contributed by atoms with van der Waals surface area (Å²) in [6.07, 6.45) is 7.84. The second kappa shape index (κ2) is 8.28. The summed E-state index contributed by atoms with van der Waals surface area (Å²) in [5, 5.41) is 0. The maximum Gasteiger partial charge on any atom is 0.0416 e. The summed E-state index contributed by atoms with van der Waals surface area (Å²) in [4.78, 5) is 6.78. The molecule has 1 rings (SSSR count). The Hall–Kier alpha value is -0.930. The largest absolute Gasteiger partial charge is 0.329 e. The molecule has 3 heteroatoms. The first-order valence-corrected chi connectivity index (χ1v) is 7.43. The van der Waals surface area contributed by atoms with Crippen molar-refractivity contribution in [3.8, 4) is 0 Å². The van der Waals surface area contributed by atoms with E-state index < -0.39 is 0 Å². The summed E-state index contributed by atoms with van der Waals surface area (Å²) in [6.45, 7) is 6.25. The molecule has 1 aromatic rings. The smallest absolute Gasteiger partial charge is 0.0416 e. The molecule has 0 saturated heterocycles. The quantitative estimate of drug-likeness (QED) is 0.697. The average molecular weight is 263 g/mol. The number of aromatic nitrogens is 1. The number of pyridine rings is 1. The van der Waals surface area contributed by atoms with E-state index in [1.807, 2.05) is 18.3 Å². The Morgan fingerprint density at radius 2 is 2.11 bits per heavy atom. The highest BCUT2D eigenvalue weighted by Crippen LogP contribution is 2.20. The Kier molecular flexibility index (Phi) is 7.03. The number of nitrogens with zero attached hydrogens (tertiary/aromatic N) is 2. The van der Waals surface area contributed by atoms with Gasteiger partial charge in [0.15, 0.2) is 0 Å². The van der Waals surface area contributed by atoms with E-state index in [4.69, 9.17) is 5.73 Å². The van der Waals surface area contributed by atoms with E-state index in [0.29, 0.717) is 0 Å². The van der Waals surface area contributed by atoms with Crippen LogP contribution in [0.15, 0.2) is 24.4 Å². The molecule has 1 unspecified atom stereocenters. The zero-order valence-corrected chi connectivity index (χ0v) is 12.7. The molecule has 0 amide bonds. The molecule has 3 nitrogen and oxygen atoms in total. The van der Waals surface area contributed by atoms with Gasteiger partial charge in [0, 0.05) is 36.9 Å². The van der Waals surface area contributed by atoms with Crippen molar-refractivity contribution in [1.29, 1.82) is 0 Å². The third kappa shape index (κ3) is 5.29. The highest BCUT2D eigenvalue weighted by molar-refractivity contribution is 5.04. The van der Waals surface area contributed by atoms with Crippen molar-refractivity contribution < 1.29 is 0 Å². The maximum atomic E-state index is 6.00. The molecule has 0 aliphatic rings. The van der Waals surface area contributed by atoms with E-state index in [1.165, 1.54) is 25.7 Å². The molecule has 2 N–H and O–H groups in total. The summed E-state index contributed by atoms with van der Waals surface area (Å²) in [5.74, 6) is 0. The Morgan fingerprint density at radius 3 is 2.68 bits per heavy atom. The first-order valence-electron chi connectivity index (χ1n) is 7.43. The van der Waals surface area contributed by atoms with Crippen molar-refractivity contribution in [3.63, 3.8) is 0 Å². The van der Waals surface area contributed by atoms with Crippen LogP contribution in [0.1, 0.15) is 45.2 Å². The van der Waals surface area contributed by atoms with Gasteiger partial charge in [-0.1, -0.05) is 32.3 Å². The molecule has 0 bridgehead atoms. The molecule has 0 spiro atoms. The minimum Gasteiger partial charge on any atom is -0.329 e. The molecule has 1 atom stereocenters. The summed E-state index contributed by atoms with van der Waals surface area (Å²) >= 11 is 0. The van der Waals surface area contributed by atoms with E-state index in [9.17, 15) is 0 Å². The third-order valence-corrected chi connectivity index (χ3v) is 4.11. The predicted molar refractivity (Wildman–Crippen MR) is 82.2 cm³/mol. The number of unbranched alkanes of at least 4 members (excludes halogenated alkanes) is 2. The van der Waals surface area contributed by atoms with E-state index in [1.54, 1.807) is 0 Å². The second-order valence-corrected chi connectivity index (χ2v) is 5.65. The van der Waals surface area contributed by atoms with Crippen LogP contribution in [0.4, 0.5) is 0 Å². The van der Waals surface area contributed by atoms with E-state index in [-0.39, 0.29) is 5.54 Å². The number of nitrogens with two attached hydrogens (primary N) is 1. The van der Waals surface area contributed by atoms with Crippen LogP contribution in [0.5, 0.6) is 0 Å². The van der Waals surface area contributed by atoms with Gasteiger partial charge in [-0.3, -0.25) is 9.88 Å². The van der Waals surface area contributed by atoms with Crippen LogP contribution >= 0.6 is 0 Å². The molecule has 0 aromatic carbocycles. The standard InChI is InChI=1S/C16H29N3/c1-4-5-7-11-16(2,14-17)19(3)13-10-15-9-6-8-12-18-15/h6,8-9,12H,4-5,7,10-11,13-14,17H2,1-3H3. The molecular formula is C16H29N3. The molecule has 0 fully saturated rings. The molecule has 0 saturated carbocycles. The monoisotopic (exact) mass is 263 g/mol. The van der Waals surface area contributed by atoms with Crippen LogP contribution in [-0.4, -0.2) is 35.6 Å². The fourth-order valence-electron chi connectivity index (χ4n) is 2.30. The molecule has 1 aromatic heterocycles. The van der Waals surface area contributed by atoms with Gasteiger partial charge >= 0.3 is 0 Å². The number of likely N-dealkylation sites (N-methyl/N-ethyl adjacent to an activating group) is 1. The van der Waals surface area contributed by atoms with Gasteiger partial charge in [0.25, 0.3) is 0 Å². The van der Waals surface area contributed by atoms with Crippen LogP contribution in [0.2, 0.25) is 0 Å². The van der Waals surface area contributed by atoms with E-state index >= 15 is 0 Å². The SMILES string of the molecule is CCCCCC(C)(CN)N(C)CCc1ccccn1. The third-order valence-electron chi connectivity index (χ3n) is 4.11. The van der Waals surface area contributed by atoms with Crippen molar-refractivity contribution in [3.05, 3.63) is 30.1 Å². The zero-order valence-electron chi connectivity index (χ0n) is 12.7. The predicted octanol–water partition coefficient (Wildman–Crippen LogP) is 2.85. The first-order chi connectivity index (χ1) is 9.12. The average Bonchev–Trinajstić information content (AvgIpc) is 2.45. The van der Waals surface area contributed by atoms with Crippen LogP contribution in [-0.2, 0) is 6.42 Å².